The average Bonchev–Trinajstić information content (AvgIpc) is 3.26. The van der Waals surface area contributed by atoms with E-state index in [1.807, 2.05) is 6.92 Å². The second-order valence-electron chi connectivity index (χ2n) is 8.40. The zero-order valence-corrected chi connectivity index (χ0v) is 20.8. The van der Waals surface area contributed by atoms with Crippen LogP contribution in [0.4, 0.5) is 11.6 Å². The molecule has 1 aliphatic rings. The molecule has 0 unspecified atom stereocenters. The third-order valence-electron chi connectivity index (χ3n) is 5.89. The van der Waals surface area contributed by atoms with Gasteiger partial charge in [0.05, 0.1) is 10.6 Å². The number of sulfone groups is 1. The van der Waals surface area contributed by atoms with Gasteiger partial charge >= 0.3 is 0 Å². The van der Waals surface area contributed by atoms with Crippen LogP contribution in [0.5, 0.6) is 0 Å². The van der Waals surface area contributed by atoms with Crippen LogP contribution < -0.4 is 21.9 Å². The van der Waals surface area contributed by atoms with Gasteiger partial charge in [-0.15, -0.1) is 0 Å². The lowest BCUT2D eigenvalue weighted by molar-refractivity contribution is -0.124. The molecule has 0 aliphatic carbocycles. The maximum absolute atomic E-state index is 13.2. The van der Waals surface area contributed by atoms with Gasteiger partial charge in [0.25, 0.3) is 5.56 Å². The van der Waals surface area contributed by atoms with Gasteiger partial charge in [-0.2, -0.15) is 0 Å². The molecule has 0 fully saturated rings. The molecule has 1 amide bonds. The number of nitrogens with one attached hydrogen (secondary N) is 2. The van der Waals surface area contributed by atoms with E-state index in [0.29, 0.717) is 35.6 Å². The lowest BCUT2D eigenvalue weighted by Gasteiger charge is -2.17. The minimum atomic E-state index is -3.36. The molecule has 0 radical (unpaired) electrons. The summed E-state index contributed by atoms with van der Waals surface area (Å²) in [6.45, 7) is 2.21. The van der Waals surface area contributed by atoms with Crippen molar-refractivity contribution in [1.29, 1.82) is 0 Å². The van der Waals surface area contributed by atoms with Gasteiger partial charge < -0.3 is 16.4 Å². The van der Waals surface area contributed by atoms with E-state index in [4.69, 9.17) is 17.3 Å². The Hall–Kier alpha value is -3.44. The van der Waals surface area contributed by atoms with Crippen molar-refractivity contribution in [2.24, 2.45) is 0 Å². The number of halogens is 1. The van der Waals surface area contributed by atoms with Gasteiger partial charge in [0.2, 0.25) is 5.91 Å². The highest BCUT2D eigenvalue weighted by atomic mass is 35.5. The Morgan fingerprint density at radius 2 is 2.00 bits per heavy atom. The van der Waals surface area contributed by atoms with Crippen molar-refractivity contribution in [3.8, 4) is 0 Å². The van der Waals surface area contributed by atoms with Crippen molar-refractivity contribution < 1.29 is 13.2 Å². The van der Waals surface area contributed by atoms with E-state index >= 15 is 0 Å². The number of aromatic nitrogens is 3. The van der Waals surface area contributed by atoms with Crippen LogP contribution in [0.3, 0.4) is 0 Å². The molecule has 184 valence electrons. The maximum Gasteiger partial charge on any atom is 0.294 e. The molecule has 3 heterocycles. The fourth-order valence-corrected chi connectivity index (χ4v) is 5.00. The number of amides is 1. The smallest absolute Gasteiger partial charge is 0.294 e. The lowest BCUT2D eigenvalue weighted by Crippen LogP contribution is -2.36. The first-order valence-electron chi connectivity index (χ1n) is 10.9. The Kier molecular flexibility index (Phi) is 6.82. The summed E-state index contributed by atoms with van der Waals surface area (Å²) in [7, 11) is -3.36. The Morgan fingerprint density at radius 3 is 2.71 bits per heavy atom. The third-order valence-corrected chi connectivity index (χ3v) is 7.30. The Balaban J connectivity index is 1.53. The molecule has 2 aromatic heterocycles. The SMILES string of the molecule is Cc1nc(N)ccc1CNC(=O)[C@@H]1CCc2c(Cl)nc(NCc3cccc(S(C)(=O)=O)c3)c(=O)n21. The number of carbonyl (C=O) groups is 1. The number of carbonyl (C=O) groups excluding carboxylic acids is 1. The molecule has 3 aromatic rings. The normalized spacial score (nSPS) is 15.0. The number of nitrogens with zero attached hydrogens (tertiary/aromatic N) is 3. The predicted octanol–water partition coefficient (Wildman–Crippen LogP) is 2.00. The first kappa shape index (κ1) is 24.7. The summed E-state index contributed by atoms with van der Waals surface area (Å²) in [6.07, 6.45) is 1.99. The van der Waals surface area contributed by atoms with Crippen LogP contribution >= 0.6 is 11.6 Å². The Labute approximate surface area is 207 Å². The highest BCUT2D eigenvalue weighted by molar-refractivity contribution is 7.90. The van der Waals surface area contributed by atoms with Crippen LogP contribution in [0.25, 0.3) is 0 Å². The van der Waals surface area contributed by atoms with Crippen molar-refractivity contribution >= 4 is 39.0 Å². The number of hydrogen-bond acceptors (Lipinski definition) is 8. The molecule has 1 atom stereocenters. The van der Waals surface area contributed by atoms with Crippen LogP contribution in [-0.4, -0.2) is 35.1 Å². The number of benzene rings is 1. The van der Waals surface area contributed by atoms with E-state index < -0.39 is 21.4 Å². The summed E-state index contributed by atoms with van der Waals surface area (Å²) >= 11 is 6.35. The van der Waals surface area contributed by atoms with E-state index in [9.17, 15) is 18.0 Å². The molecule has 1 aromatic carbocycles. The zero-order chi connectivity index (χ0) is 25.3. The van der Waals surface area contributed by atoms with E-state index in [-0.39, 0.29) is 34.9 Å². The van der Waals surface area contributed by atoms with Gasteiger partial charge in [0.15, 0.2) is 20.8 Å². The van der Waals surface area contributed by atoms with E-state index in [1.54, 1.807) is 24.3 Å². The van der Waals surface area contributed by atoms with Crippen LogP contribution in [0.1, 0.15) is 35.0 Å². The summed E-state index contributed by atoms with van der Waals surface area (Å²) in [5.74, 6) is 0.0806. The van der Waals surface area contributed by atoms with Crippen molar-refractivity contribution in [2.75, 3.05) is 17.3 Å². The molecule has 4 N–H and O–H groups in total. The lowest BCUT2D eigenvalue weighted by atomic mass is 10.1. The standard InChI is InChI=1S/C23H25ClN6O4S/c1-13-15(6-9-19(25)28-13)12-27-22(31)18-8-7-17-20(24)29-21(23(32)30(17)18)26-11-14-4-3-5-16(10-14)35(2,33)34/h3-6,9-10,18H,7-8,11-12H2,1-2H3,(H2,25,28)(H,26,29)(H,27,31)/t18-/m0/s1. The molecular weight excluding hydrogens is 492 g/mol. The molecule has 12 heteroatoms. The summed E-state index contributed by atoms with van der Waals surface area (Å²) in [4.78, 5) is 34.8. The fourth-order valence-electron chi connectivity index (χ4n) is 4.03. The van der Waals surface area contributed by atoms with Crippen LogP contribution in [0.15, 0.2) is 46.1 Å². The van der Waals surface area contributed by atoms with Crippen molar-refractivity contribution in [1.82, 2.24) is 19.9 Å². The average molecular weight is 517 g/mol. The van der Waals surface area contributed by atoms with Gasteiger partial charge in [-0.3, -0.25) is 14.2 Å². The number of pyridine rings is 1. The number of aryl methyl sites for hydroxylation is 1. The minimum Gasteiger partial charge on any atom is -0.384 e. The van der Waals surface area contributed by atoms with Crippen LogP contribution in [0, 0.1) is 6.92 Å². The second kappa shape index (κ2) is 9.67. The minimum absolute atomic E-state index is 0.0122. The molecule has 0 bridgehead atoms. The number of fused-ring (bicyclic) bond motifs is 1. The monoisotopic (exact) mass is 516 g/mol. The Bertz CT molecular complexity index is 1470. The quantitative estimate of drug-likeness (QED) is 0.431. The van der Waals surface area contributed by atoms with Crippen LogP contribution in [0.2, 0.25) is 5.15 Å². The number of hydrogen-bond donors (Lipinski definition) is 3. The van der Waals surface area contributed by atoms with E-state index in [1.165, 1.54) is 16.7 Å². The first-order chi connectivity index (χ1) is 16.5. The van der Waals surface area contributed by atoms with E-state index in [0.717, 1.165) is 11.8 Å². The highest BCUT2D eigenvalue weighted by Gasteiger charge is 2.32. The van der Waals surface area contributed by atoms with Gasteiger partial charge in [-0.1, -0.05) is 29.8 Å². The molecule has 10 nitrogen and oxygen atoms in total. The summed E-state index contributed by atoms with van der Waals surface area (Å²) in [5, 5.41) is 5.94. The number of nitrogen functional groups attached to an aromatic ring is 1. The number of nitrogens with two attached hydrogens (primary N) is 1. The first-order valence-corrected chi connectivity index (χ1v) is 13.1. The highest BCUT2D eigenvalue weighted by Crippen LogP contribution is 2.29. The predicted molar refractivity (Wildman–Crippen MR) is 133 cm³/mol. The van der Waals surface area contributed by atoms with Gasteiger partial charge in [-0.05, 0) is 49.1 Å². The third kappa shape index (κ3) is 5.30. The molecular formula is C23H25ClN6O4S. The molecule has 0 spiro atoms. The molecule has 35 heavy (non-hydrogen) atoms. The number of anilines is 2. The fraction of sp³-hybridized carbons (Fsp3) is 0.304. The van der Waals surface area contributed by atoms with Crippen molar-refractivity contribution in [2.45, 2.75) is 43.8 Å². The largest absolute Gasteiger partial charge is 0.384 e. The Morgan fingerprint density at radius 1 is 1.23 bits per heavy atom. The van der Waals surface area contributed by atoms with Gasteiger partial charge in [0.1, 0.15) is 11.9 Å². The van der Waals surface area contributed by atoms with Crippen molar-refractivity contribution in [3.05, 3.63) is 74.4 Å². The van der Waals surface area contributed by atoms with Gasteiger partial charge in [-0.25, -0.2) is 18.4 Å². The summed E-state index contributed by atoms with van der Waals surface area (Å²) in [5.41, 5.74) is 7.91. The summed E-state index contributed by atoms with van der Waals surface area (Å²) < 4.78 is 25.0. The topological polar surface area (TPSA) is 149 Å². The summed E-state index contributed by atoms with van der Waals surface area (Å²) in [6, 6.07) is 9.13. The molecule has 4 rings (SSSR count). The zero-order valence-electron chi connectivity index (χ0n) is 19.2. The number of rotatable bonds is 7. The van der Waals surface area contributed by atoms with Gasteiger partial charge in [0, 0.05) is 25.0 Å². The molecule has 0 saturated heterocycles. The molecule has 1 aliphatic heterocycles. The van der Waals surface area contributed by atoms with Crippen LogP contribution in [-0.2, 0) is 34.1 Å². The second-order valence-corrected chi connectivity index (χ2v) is 10.8. The molecule has 0 saturated carbocycles. The van der Waals surface area contributed by atoms with E-state index in [2.05, 4.69) is 20.6 Å². The van der Waals surface area contributed by atoms with Crippen molar-refractivity contribution in [3.63, 3.8) is 0 Å². The maximum atomic E-state index is 13.2.